The van der Waals surface area contributed by atoms with Crippen LogP contribution in [0.2, 0.25) is 0 Å². The van der Waals surface area contributed by atoms with E-state index >= 15 is 0 Å². The van der Waals surface area contributed by atoms with Crippen LogP contribution in [0.3, 0.4) is 0 Å². The quantitative estimate of drug-likeness (QED) is 0.714. The topological polar surface area (TPSA) is 12.0 Å². The maximum absolute atomic E-state index is 13.7. The van der Waals surface area contributed by atoms with Gasteiger partial charge in [0.15, 0.2) is 0 Å². The molecule has 0 aromatic heterocycles. The number of hydrogen-bond donors (Lipinski definition) is 1. The van der Waals surface area contributed by atoms with Crippen LogP contribution in [0, 0.1) is 11.6 Å². The van der Waals surface area contributed by atoms with Gasteiger partial charge in [0, 0.05) is 17.4 Å². The molecule has 0 saturated heterocycles. The van der Waals surface area contributed by atoms with Crippen molar-refractivity contribution in [3.05, 3.63) is 35.4 Å². The summed E-state index contributed by atoms with van der Waals surface area (Å²) in [6, 6.07) is 3.81. The molecule has 1 aromatic rings. The van der Waals surface area contributed by atoms with Crippen LogP contribution < -0.4 is 5.32 Å². The first-order valence-electron chi connectivity index (χ1n) is 6.45. The predicted octanol–water partition coefficient (Wildman–Crippen LogP) is 4.15. The molecule has 0 fully saturated rings. The van der Waals surface area contributed by atoms with E-state index in [9.17, 15) is 8.78 Å². The van der Waals surface area contributed by atoms with Crippen LogP contribution in [0.25, 0.3) is 0 Å². The summed E-state index contributed by atoms with van der Waals surface area (Å²) >= 11 is 1.73. The van der Waals surface area contributed by atoms with Crippen molar-refractivity contribution in [2.45, 2.75) is 32.7 Å². The zero-order valence-corrected chi connectivity index (χ0v) is 11.8. The van der Waals surface area contributed by atoms with Crippen LogP contribution in [0.5, 0.6) is 0 Å². The lowest BCUT2D eigenvalue weighted by molar-refractivity contribution is 0.492. The Labute approximate surface area is 112 Å². The molecule has 0 heterocycles. The van der Waals surface area contributed by atoms with Gasteiger partial charge in [-0.15, -0.1) is 0 Å². The highest BCUT2D eigenvalue weighted by molar-refractivity contribution is 7.99. The van der Waals surface area contributed by atoms with Gasteiger partial charge >= 0.3 is 0 Å². The smallest absolute Gasteiger partial charge is 0.130 e. The maximum atomic E-state index is 13.7. The molecule has 0 radical (unpaired) electrons. The Kier molecular flexibility index (Phi) is 7.28. The van der Waals surface area contributed by atoms with Crippen molar-refractivity contribution < 1.29 is 8.78 Å². The number of hydrogen-bond acceptors (Lipinski definition) is 2. The maximum Gasteiger partial charge on any atom is 0.130 e. The Bertz CT molecular complexity index is 337. The van der Waals surface area contributed by atoms with E-state index < -0.39 is 11.6 Å². The first kappa shape index (κ1) is 15.4. The van der Waals surface area contributed by atoms with E-state index in [2.05, 4.69) is 12.2 Å². The van der Waals surface area contributed by atoms with Crippen LogP contribution >= 0.6 is 11.8 Å². The van der Waals surface area contributed by atoms with Gasteiger partial charge in [-0.25, -0.2) is 8.78 Å². The minimum Gasteiger partial charge on any atom is -0.309 e. The van der Waals surface area contributed by atoms with Crippen LogP contribution in [-0.4, -0.2) is 18.1 Å². The third-order valence-corrected chi connectivity index (χ3v) is 3.89. The molecule has 102 valence electrons. The fourth-order valence-electron chi connectivity index (χ4n) is 1.75. The van der Waals surface area contributed by atoms with Crippen LogP contribution in [0.1, 0.15) is 38.3 Å². The van der Waals surface area contributed by atoms with Gasteiger partial charge in [-0.05, 0) is 37.3 Å². The first-order chi connectivity index (χ1) is 8.70. The van der Waals surface area contributed by atoms with Gasteiger partial charge in [0.2, 0.25) is 0 Å². The average molecular weight is 273 g/mol. The Morgan fingerprint density at radius 3 is 2.39 bits per heavy atom. The lowest BCUT2D eigenvalue weighted by Gasteiger charge is -2.19. The van der Waals surface area contributed by atoms with Crippen molar-refractivity contribution in [1.82, 2.24) is 5.32 Å². The monoisotopic (exact) mass is 273 g/mol. The first-order valence-corrected chi connectivity index (χ1v) is 7.61. The summed E-state index contributed by atoms with van der Waals surface area (Å²) in [5.74, 6) is 0.799. The molecule has 1 nitrogen and oxygen atoms in total. The molecular weight excluding hydrogens is 252 g/mol. The minimum atomic E-state index is -0.458. The van der Waals surface area contributed by atoms with E-state index in [0.717, 1.165) is 25.1 Å². The normalized spacial score (nSPS) is 12.7. The van der Waals surface area contributed by atoms with Crippen LogP contribution in [0.4, 0.5) is 8.78 Å². The summed E-state index contributed by atoms with van der Waals surface area (Å²) in [5.41, 5.74) is 0.176. The van der Waals surface area contributed by atoms with Crippen LogP contribution in [-0.2, 0) is 0 Å². The van der Waals surface area contributed by atoms with Crippen molar-refractivity contribution in [2.75, 3.05) is 18.1 Å². The molecule has 0 aliphatic carbocycles. The van der Waals surface area contributed by atoms with Crippen molar-refractivity contribution in [3.8, 4) is 0 Å². The van der Waals surface area contributed by atoms with Crippen molar-refractivity contribution >= 4 is 11.8 Å². The van der Waals surface area contributed by atoms with E-state index in [0.29, 0.717) is 5.75 Å². The van der Waals surface area contributed by atoms with Gasteiger partial charge in [0.05, 0.1) is 0 Å². The van der Waals surface area contributed by atoms with Crippen LogP contribution in [0.15, 0.2) is 18.2 Å². The second kappa shape index (κ2) is 8.48. The van der Waals surface area contributed by atoms with E-state index in [-0.39, 0.29) is 11.6 Å². The van der Waals surface area contributed by atoms with Gasteiger partial charge in [-0.2, -0.15) is 11.8 Å². The predicted molar refractivity (Wildman–Crippen MR) is 75.0 cm³/mol. The second-order valence-corrected chi connectivity index (χ2v) is 5.37. The van der Waals surface area contributed by atoms with E-state index in [4.69, 9.17) is 0 Å². The van der Waals surface area contributed by atoms with Crippen molar-refractivity contribution in [1.29, 1.82) is 0 Å². The standard InChI is InChI=1S/C14H21F2NS/c1-3-8-17-13(10-18-9-4-2)14-11(15)6-5-7-12(14)16/h5-7,13,17H,3-4,8-10H2,1-2H3. The van der Waals surface area contributed by atoms with E-state index in [1.54, 1.807) is 11.8 Å². The van der Waals surface area contributed by atoms with E-state index in [1.807, 2.05) is 6.92 Å². The molecule has 0 aliphatic heterocycles. The second-order valence-electron chi connectivity index (χ2n) is 4.22. The summed E-state index contributed by atoms with van der Waals surface area (Å²) in [6.45, 7) is 4.91. The summed E-state index contributed by atoms with van der Waals surface area (Å²) in [4.78, 5) is 0. The zero-order chi connectivity index (χ0) is 13.4. The number of halogens is 2. The summed E-state index contributed by atoms with van der Waals surface area (Å²) in [7, 11) is 0. The molecule has 1 rings (SSSR count). The van der Waals surface area contributed by atoms with E-state index in [1.165, 1.54) is 18.2 Å². The lowest BCUT2D eigenvalue weighted by atomic mass is 10.1. The highest BCUT2D eigenvalue weighted by Crippen LogP contribution is 2.24. The Morgan fingerprint density at radius 1 is 1.17 bits per heavy atom. The van der Waals surface area contributed by atoms with Gasteiger partial charge in [-0.1, -0.05) is 19.9 Å². The molecule has 0 amide bonds. The summed E-state index contributed by atoms with van der Waals surface area (Å²) < 4.78 is 27.5. The summed E-state index contributed by atoms with van der Waals surface area (Å²) in [5, 5.41) is 3.23. The molecule has 18 heavy (non-hydrogen) atoms. The molecule has 1 unspecified atom stereocenters. The highest BCUT2D eigenvalue weighted by atomic mass is 32.2. The fraction of sp³-hybridized carbons (Fsp3) is 0.571. The van der Waals surface area contributed by atoms with Gasteiger partial charge in [0.1, 0.15) is 11.6 Å². The molecule has 0 saturated carbocycles. The van der Waals surface area contributed by atoms with Gasteiger partial charge < -0.3 is 5.32 Å². The molecule has 0 bridgehead atoms. The molecule has 0 spiro atoms. The molecule has 1 aromatic carbocycles. The molecular formula is C14H21F2NS. The largest absolute Gasteiger partial charge is 0.309 e. The number of thioether (sulfide) groups is 1. The average Bonchev–Trinajstić information content (AvgIpc) is 2.35. The zero-order valence-electron chi connectivity index (χ0n) is 11.0. The number of rotatable bonds is 8. The number of nitrogens with one attached hydrogen (secondary N) is 1. The van der Waals surface area contributed by atoms with Crippen molar-refractivity contribution in [3.63, 3.8) is 0 Å². The Morgan fingerprint density at radius 2 is 1.83 bits per heavy atom. The highest BCUT2D eigenvalue weighted by Gasteiger charge is 2.19. The Balaban J connectivity index is 2.79. The van der Waals surface area contributed by atoms with Crippen molar-refractivity contribution in [2.24, 2.45) is 0 Å². The molecule has 1 N–H and O–H groups in total. The SMILES string of the molecule is CCCNC(CSCCC)c1c(F)cccc1F. The molecule has 1 atom stereocenters. The summed E-state index contributed by atoms with van der Waals surface area (Å²) in [6.07, 6.45) is 2.02. The molecule has 4 heteroatoms. The minimum absolute atomic E-state index is 0.176. The van der Waals surface area contributed by atoms with Gasteiger partial charge in [-0.3, -0.25) is 0 Å². The van der Waals surface area contributed by atoms with Gasteiger partial charge in [0.25, 0.3) is 0 Å². The Hall–Kier alpha value is -0.610. The number of benzene rings is 1. The molecule has 0 aliphatic rings. The third-order valence-electron chi connectivity index (χ3n) is 2.62. The third kappa shape index (κ3) is 4.58. The lowest BCUT2D eigenvalue weighted by Crippen LogP contribution is -2.26. The fourth-order valence-corrected chi connectivity index (χ4v) is 2.73.